The summed E-state index contributed by atoms with van der Waals surface area (Å²) in [6.07, 6.45) is 6.17. The van der Waals surface area contributed by atoms with Crippen molar-refractivity contribution < 1.29 is 42.3 Å². The highest BCUT2D eigenvalue weighted by molar-refractivity contribution is 7.49. The van der Waals surface area contributed by atoms with Gasteiger partial charge in [-0.1, -0.05) is 25.5 Å². The number of phosphoric ester groups is 1. The zero-order valence-electron chi connectivity index (χ0n) is 22.5. The second-order valence-corrected chi connectivity index (χ2v) is 13.5. The van der Waals surface area contributed by atoms with Gasteiger partial charge in [0.05, 0.1) is 19.3 Å². The predicted octanol–water partition coefficient (Wildman–Crippen LogP) is 4.49. The molecule has 0 amide bonds. The minimum atomic E-state index is -4.18. The summed E-state index contributed by atoms with van der Waals surface area (Å²) < 4.78 is 42.0. The summed E-state index contributed by atoms with van der Waals surface area (Å²) >= 11 is 0. The van der Waals surface area contributed by atoms with Crippen LogP contribution in [0.1, 0.15) is 67.2 Å². The Morgan fingerprint density at radius 2 is 1.86 bits per heavy atom. The highest BCUT2D eigenvalue weighted by Gasteiger charge is 2.78. The van der Waals surface area contributed by atoms with Gasteiger partial charge in [0.25, 0.3) is 0 Å². The van der Waals surface area contributed by atoms with Gasteiger partial charge in [-0.15, -0.1) is 0 Å². The summed E-state index contributed by atoms with van der Waals surface area (Å²) in [5.41, 5.74) is -1.84. The largest absolute Gasteiger partial charge is 0.532 e. The van der Waals surface area contributed by atoms with Crippen LogP contribution in [0.4, 0.5) is 0 Å². The lowest BCUT2D eigenvalue weighted by Crippen LogP contribution is -2.63. The molecule has 9 nitrogen and oxygen atoms in total. The number of fused-ring (bicyclic) bond motifs is 7. The monoisotopic (exact) mass is 538 g/mol. The van der Waals surface area contributed by atoms with Crippen LogP contribution in [0.2, 0.25) is 0 Å². The topological polar surface area (TPSA) is 118 Å². The summed E-state index contributed by atoms with van der Waals surface area (Å²) in [5, 5.41) is 11.7. The molecule has 0 bridgehead atoms. The molecule has 10 heteroatoms. The van der Waals surface area contributed by atoms with Gasteiger partial charge in [0.1, 0.15) is 6.10 Å². The van der Waals surface area contributed by atoms with Gasteiger partial charge in [0.15, 0.2) is 11.6 Å². The number of allylic oxidation sites excluding steroid dienone is 4. The quantitative estimate of drug-likeness (QED) is 0.488. The number of hydrogen-bond acceptors (Lipinski definition) is 9. The van der Waals surface area contributed by atoms with Crippen molar-refractivity contribution in [2.45, 2.75) is 90.8 Å². The van der Waals surface area contributed by atoms with E-state index in [1.165, 1.54) is 0 Å². The van der Waals surface area contributed by atoms with Crippen molar-refractivity contribution in [3.05, 3.63) is 23.8 Å². The first-order valence-electron chi connectivity index (χ1n) is 13.4. The first-order chi connectivity index (χ1) is 17.3. The average Bonchev–Trinajstić information content (AvgIpc) is 3.20. The van der Waals surface area contributed by atoms with Crippen LogP contribution >= 0.6 is 7.82 Å². The maximum atomic E-state index is 14.1. The lowest BCUT2D eigenvalue weighted by Gasteiger charge is -2.59. The van der Waals surface area contributed by atoms with Gasteiger partial charge < -0.3 is 19.1 Å². The Morgan fingerprint density at radius 1 is 1.19 bits per heavy atom. The molecule has 8 atom stereocenters. The van der Waals surface area contributed by atoms with Crippen LogP contribution in [0.3, 0.4) is 0 Å². The first kappa shape index (κ1) is 27.2. The molecule has 6 unspecified atom stereocenters. The van der Waals surface area contributed by atoms with Crippen molar-refractivity contribution in [3.8, 4) is 0 Å². The molecular formula is C27H39O9P. The van der Waals surface area contributed by atoms with Crippen LogP contribution in [0.15, 0.2) is 23.8 Å². The van der Waals surface area contributed by atoms with Crippen molar-refractivity contribution >= 4 is 19.6 Å². The molecular weight excluding hydrogens is 499 g/mol. The van der Waals surface area contributed by atoms with Crippen molar-refractivity contribution in [1.82, 2.24) is 0 Å². The van der Waals surface area contributed by atoms with Gasteiger partial charge in [0.2, 0.25) is 5.60 Å². The average molecular weight is 539 g/mol. The zero-order valence-corrected chi connectivity index (χ0v) is 23.4. The minimum Gasteiger partial charge on any atom is -0.393 e. The van der Waals surface area contributed by atoms with E-state index in [2.05, 4.69) is 6.92 Å². The van der Waals surface area contributed by atoms with E-state index in [1.54, 1.807) is 39.8 Å². The van der Waals surface area contributed by atoms with Gasteiger partial charge in [-0.25, -0.2) is 9.36 Å². The van der Waals surface area contributed by atoms with Crippen LogP contribution in [0, 0.1) is 28.6 Å². The van der Waals surface area contributed by atoms with E-state index in [4.69, 9.17) is 23.0 Å². The molecule has 5 aliphatic rings. The molecule has 1 saturated heterocycles. The van der Waals surface area contributed by atoms with E-state index >= 15 is 0 Å². The third-order valence-electron chi connectivity index (χ3n) is 9.56. The smallest absolute Gasteiger partial charge is 0.393 e. The molecule has 0 radical (unpaired) electrons. The molecule has 1 heterocycles. The van der Waals surface area contributed by atoms with Crippen LogP contribution < -0.4 is 0 Å². The van der Waals surface area contributed by atoms with E-state index in [0.29, 0.717) is 6.42 Å². The lowest BCUT2D eigenvalue weighted by molar-refractivity contribution is -0.232. The third-order valence-corrected chi connectivity index (χ3v) is 11.1. The van der Waals surface area contributed by atoms with E-state index in [0.717, 1.165) is 18.4 Å². The van der Waals surface area contributed by atoms with Crippen LogP contribution in [0.25, 0.3) is 0 Å². The van der Waals surface area contributed by atoms with E-state index in [-0.39, 0.29) is 43.2 Å². The van der Waals surface area contributed by atoms with Gasteiger partial charge in [-0.3, -0.25) is 13.8 Å². The highest BCUT2D eigenvalue weighted by atomic mass is 31.2. The Hall–Kier alpha value is -1.35. The summed E-state index contributed by atoms with van der Waals surface area (Å²) in [6, 6.07) is 0. The van der Waals surface area contributed by atoms with E-state index < -0.39 is 48.2 Å². The highest BCUT2D eigenvalue weighted by Crippen LogP contribution is 2.71. The minimum absolute atomic E-state index is 0.0183. The number of phosphoric acid groups is 1. The molecule has 0 aromatic carbocycles. The number of hydrogen-bond donors (Lipinski definition) is 1. The van der Waals surface area contributed by atoms with Crippen molar-refractivity contribution in [3.63, 3.8) is 0 Å². The van der Waals surface area contributed by atoms with Gasteiger partial charge in [0, 0.05) is 16.7 Å². The Kier molecular flexibility index (Phi) is 6.50. The molecule has 37 heavy (non-hydrogen) atoms. The molecule has 1 aliphatic heterocycles. The predicted molar refractivity (Wildman–Crippen MR) is 133 cm³/mol. The molecule has 5 rings (SSSR count). The number of carbonyl (C=O) groups is 2. The van der Waals surface area contributed by atoms with Crippen LogP contribution in [-0.4, -0.2) is 53.7 Å². The Balaban J connectivity index is 1.55. The fraction of sp³-hybridized carbons (Fsp3) is 0.778. The molecule has 3 saturated carbocycles. The maximum absolute atomic E-state index is 14.1. The molecule has 1 N–H and O–H groups in total. The van der Waals surface area contributed by atoms with Crippen LogP contribution in [-0.2, 0) is 37.2 Å². The second kappa shape index (κ2) is 8.83. The number of carbonyl (C=O) groups excluding carboxylic acids is 2. The fourth-order valence-electron chi connectivity index (χ4n) is 8.35. The van der Waals surface area contributed by atoms with E-state index in [9.17, 15) is 19.3 Å². The number of ether oxygens (including phenoxy) is 2. The Bertz CT molecular complexity index is 1090. The molecule has 0 aromatic heterocycles. The van der Waals surface area contributed by atoms with Gasteiger partial charge in [-0.05, 0) is 77.4 Å². The molecule has 0 aromatic rings. The second-order valence-electron chi connectivity index (χ2n) is 12.0. The summed E-state index contributed by atoms with van der Waals surface area (Å²) in [4.78, 5) is 26.2. The van der Waals surface area contributed by atoms with Gasteiger partial charge in [-0.2, -0.15) is 0 Å². The number of rotatable bonds is 6. The maximum Gasteiger partial charge on any atom is 0.532 e. The lowest BCUT2D eigenvalue weighted by atomic mass is 9.46. The SMILES string of the molecule is CCOP(=O)(OCC)OC(=O)[C@@]12OC(C)(C)O[C@@H]1CC1C3CCC4=CC(=O)C=CC4(C)C3C(O)CC12C. The molecule has 0 spiro atoms. The number of aliphatic hydroxyl groups is 1. The number of aliphatic hydroxyl groups excluding tert-OH is 1. The van der Waals surface area contributed by atoms with Crippen molar-refractivity contribution in [2.75, 3.05) is 13.2 Å². The zero-order chi connectivity index (χ0) is 27.0. The third kappa shape index (κ3) is 3.87. The normalized spacial score (nSPS) is 43.9. The van der Waals surface area contributed by atoms with Crippen molar-refractivity contribution in [1.29, 1.82) is 0 Å². The van der Waals surface area contributed by atoms with Crippen molar-refractivity contribution in [2.24, 2.45) is 28.6 Å². The van der Waals surface area contributed by atoms with E-state index in [1.807, 2.05) is 13.0 Å². The Morgan fingerprint density at radius 3 is 2.51 bits per heavy atom. The Labute approximate surface area is 218 Å². The summed E-state index contributed by atoms with van der Waals surface area (Å²) in [5.74, 6) is -2.03. The molecule has 206 valence electrons. The molecule has 4 fully saturated rings. The van der Waals surface area contributed by atoms with Gasteiger partial charge >= 0.3 is 13.8 Å². The summed E-state index contributed by atoms with van der Waals surface area (Å²) in [7, 11) is -4.18. The molecule has 4 aliphatic carbocycles. The fourth-order valence-corrected chi connectivity index (χ4v) is 9.50. The number of ketones is 1. The van der Waals surface area contributed by atoms with Crippen LogP contribution in [0.5, 0.6) is 0 Å². The summed E-state index contributed by atoms with van der Waals surface area (Å²) in [6.45, 7) is 10.9. The standard InChI is InChI=1S/C27H39O9P/c1-7-32-37(31,33-8-2)35-23(30)27-21(34-24(3,4)36-27)14-19-18-10-9-16-13-17(28)11-12-25(16,5)22(18)20(29)15-26(19,27)6/h11-13,18-22,29H,7-10,14-15H2,1-6H3/t18?,19?,20?,21-,22?,25?,26?,27+/m1/s1. The first-order valence-corrected chi connectivity index (χ1v) is 14.8.